The number of nitrogens with one attached hydrogen (secondary N) is 1. The number of hydrogen-bond acceptors (Lipinski definition) is 3. The van der Waals surface area contributed by atoms with Crippen LogP contribution < -0.4 is 10.1 Å². The Balaban J connectivity index is 2.14. The van der Waals surface area contributed by atoms with E-state index in [0.717, 1.165) is 10.0 Å². The van der Waals surface area contributed by atoms with E-state index in [-0.39, 0.29) is 29.4 Å². The molecule has 33 heavy (non-hydrogen) atoms. The summed E-state index contributed by atoms with van der Waals surface area (Å²) >= 11 is 3.56. The van der Waals surface area contributed by atoms with Gasteiger partial charge in [-0.1, -0.05) is 57.2 Å². The predicted octanol–water partition coefficient (Wildman–Crippen LogP) is 5.50. The molecule has 2 rings (SSSR count). The van der Waals surface area contributed by atoms with E-state index in [4.69, 9.17) is 4.74 Å². The van der Waals surface area contributed by atoms with Crippen LogP contribution >= 0.6 is 15.9 Å². The summed E-state index contributed by atoms with van der Waals surface area (Å²) in [6, 6.07) is 15.2. The molecule has 5 nitrogen and oxygen atoms in total. The fraction of sp³-hybridized carbons (Fsp3) is 0.481. The predicted molar refractivity (Wildman–Crippen MR) is 138 cm³/mol. The fourth-order valence-electron chi connectivity index (χ4n) is 3.35. The summed E-state index contributed by atoms with van der Waals surface area (Å²) in [4.78, 5) is 27.6. The van der Waals surface area contributed by atoms with Crippen LogP contribution in [0.1, 0.15) is 59.6 Å². The van der Waals surface area contributed by atoms with Gasteiger partial charge < -0.3 is 15.0 Å². The molecule has 0 radical (unpaired) electrons. The number of nitrogens with zero attached hydrogens (tertiary/aromatic N) is 1. The highest BCUT2D eigenvalue weighted by molar-refractivity contribution is 9.10. The first-order valence-corrected chi connectivity index (χ1v) is 12.2. The Morgan fingerprint density at radius 3 is 2.21 bits per heavy atom. The smallest absolute Gasteiger partial charge is 0.261 e. The molecule has 0 saturated heterocycles. The average molecular weight is 518 g/mol. The lowest BCUT2D eigenvalue weighted by molar-refractivity contribution is -0.142. The minimum absolute atomic E-state index is 0.0148. The number of amides is 2. The summed E-state index contributed by atoms with van der Waals surface area (Å²) < 4.78 is 6.66. The monoisotopic (exact) mass is 516 g/mol. The van der Waals surface area contributed by atoms with Crippen molar-refractivity contribution < 1.29 is 14.3 Å². The van der Waals surface area contributed by atoms with E-state index in [9.17, 15) is 9.59 Å². The van der Waals surface area contributed by atoms with E-state index in [0.29, 0.717) is 18.7 Å². The largest absolute Gasteiger partial charge is 0.483 e. The molecule has 2 aromatic carbocycles. The molecule has 2 aromatic rings. The third kappa shape index (κ3) is 8.50. The zero-order valence-corrected chi connectivity index (χ0v) is 22.5. The lowest BCUT2D eigenvalue weighted by atomic mass is 9.87. The van der Waals surface area contributed by atoms with Crippen molar-refractivity contribution in [1.82, 2.24) is 10.2 Å². The molecule has 0 unspecified atom stereocenters. The van der Waals surface area contributed by atoms with E-state index in [1.807, 2.05) is 69.3 Å². The first-order valence-electron chi connectivity index (χ1n) is 11.4. The molecule has 6 heteroatoms. The van der Waals surface area contributed by atoms with Gasteiger partial charge in [0.1, 0.15) is 11.8 Å². The van der Waals surface area contributed by atoms with Gasteiger partial charge in [-0.15, -0.1) is 0 Å². The SMILES string of the molecule is C[C@H](C(=O)NC(C)(C)C)N(CCc1ccccc1)C(=O)COc1ccc(C(C)(C)C)cc1Br. The number of hydrogen-bond donors (Lipinski definition) is 1. The average Bonchev–Trinajstić information content (AvgIpc) is 2.71. The van der Waals surface area contributed by atoms with E-state index in [1.54, 1.807) is 11.8 Å². The molecular weight excluding hydrogens is 480 g/mol. The molecule has 2 amide bonds. The molecule has 1 N–H and O–H groups in total. The van der Waals surface area contributed by atoms with Crippen LogP contribution in [-0.2, 0) is 21.4 Å². The van der Waals surface area contributed by atoms with Gasteiger partial charge in [0.05, 0.1) is 4.47 Å². The van der Waals surface area contributed by atoms with Crippen molar-refractivity contribution in [2.75, 3.05) is 13.2 Å². The summed E-state index contributed by atoms with van der Waals surface area (Å²) in [7, 11) is 0. The van der Waals surface area contributed by atoms with Crippen molar-refractivity contribution in [1.29, 1.82) is 0 Å². The van der Waals surface area contributed by atoms with Crippen molar-refractivity contribution in [2.45, 2.75) is 71.9 Å². The van der Waals surface area contributed by atoms with Crippen LogP contribution in [0.3, 0.4) is 0 Å². The van der Waals surface area contributed by atoms with E-state index in [2.05, 4.69) is 42.0 Å². The fourth-order valence-corrected chi connectivity index (χ4v) is 3.84. The normalized spacial score (nSPS) is 12.7. The molecule has 0 aliphatic carbocycles. The Morgan fingerprint density at radius 1 is 1.03 bits per heavy atom. The highest BCUT2D eigenvalue weighted by Crippen LogP contribution is 2.31. The highest BCUT2D eigenvalue weighted by Gasteiger charge is 2.28. The molecule has 0 fully saturated rings. The summed E-state index contributed by atoms with van der Waals surface area (Å²) in [6.45, 7) is 14.3. The van der Waals surface area contributed by atoms with Gasteiger partial charge in [0.15, 0.2) is 6.61 Å². The number of halogens is 1. The van der Waals surface area contributed by atoms with Crippen LogP contribution in [0.25, 0.3) is 0 Å². The standard InChI is InChI=1S/C27H37BrN2O3/c1-19(25(32)29-27(5,6)7)30(16-15-20-11-9-8-10-12-20)24(31)18-33-23-14-13-21(17-22(23)28)26(2,3)4/h8-14,17,19H,15-16,18H2,1-7H3,(H,29,32)/t19-/m1/s1. The van der Waals surface area contributed by atoms with E-state index < -0.39 is 6.04 Å². The van der Waals surface area contributed by atoms with E-state index >= 15 is 0 Å². The summed E-state index contributed by atoms with van der Waals surface area (Å²) in [5.41, 5.74) is 1.92. The van der Waals surface area contributed by atoms with Crippen LogP contribution in [0.2, 0.25) is 0 Å². The summed E-state index contributed by atoms with van der Waals surface area (Å²) in [5, 5.41) is 2.97. The maximum absolute atomic E-state index is 13.2. The minimum atomic E-state index is -0.615. The Kier molecular flexibility index (Phi) is 9.12. The first-order chi connectivity index (χ1) is 15.3. The second-order valence-electron chi connectivity index (χ2n) is 10.4. The van der Waals surface area contributed by atoms with Crippen molar-refractivity contribution in [3.63, 3.8) is 0 Å². The molecule has 0 aliphatic heterocycles. The molecule has 180 valence electrons. The number of carbonyl (C=O) groups excluding carboxylic acids is 2. The number of benzene rings is 2. The van der Waals surface area contributed by atoms with Gasteiger partial charge >= 0.3 is 0 Å². The molecular formula is C27H37BrN2O3. The second kappa shape index (κ2) is 11.2. The third-order valence-corrected chi connectivity index (χ3v) is 5.92. The number of rotatable bonds is 8. The maximum Gasteiger partial charge on any atom is 0.261 e. The number of ether oxygens (including phenoxy) is 1. The van der Waals surface area contributed by atoms with Crippen LogP contribution in [-0.4, -0.2) is 41.4 Å². The van der Waals surface area contributed by atoms with Gasteiger partial charge in [-0.3, -0.25) is 9.59 Å². The molecule has 1 atom stereocenters. The van der Waals surface area contributed by atoms with E-state index in [1.165, 1.54) is 5.56 Å². The van der Waals surface area contributed by atoms with Crippen molar-refractivity contribution >= 4 is 27.7 Å². The topological polar surface area (TPSA) is 58.6 Å². The highest BCUT2D eigenvalue weighted by atomic mass is 79.9. The van der Waals surface area contributed by atoms with Gasteiger partial charge in [0, 0.05) is 12.1 Å². The zero-order chi connectivity index (χ0) is 24.8. The quantitative estimate of drug-likeness (QED) is 0.503. The molecule has 0 bridgehead atoms. The van der Waals surface area contributed by atoms with Gasteiger partial charge in [-0.05, 0) is 78.7 Å². The maximum atomic E-state index is 13.2. The summed E-state index contributed by atoms with van der Waals surface area (Å²) in [6.07, 6.45) is 0.656. The first kappa shape index (κ1) is 26.9. The van der Waals surface area contributed by atoms with Crippen molar-refractivity contribution in [3.05, 3.63) is 64.1 Å². The summed E-state index contributed by atoms with van der Waals surface area (Å²) in [5.74, 6) is 0.195. The minimum Gasteiger partial charge on any atom is -0.483 e. The molecule has 0 heterocycles. The Hall–Kier alpha value is -2.34. The third-order valence-electron chi connectivity index (χ3n) is 5.30. The van der Waals surface area contributed by atoms with Gasteiger partial charge in [0.25, 0.3) is 5.91 Å². The van der Waals surface area contributed by atoms with Gasteiger partial charge in [-0.2, -0.15) is 0 Å². The van der Waals surface area contributed by atoms with Crippen LogP contribution in [0.4, 0.5) is 0 Å². The molecule has 0 spiro atoms. The number of carbonyl (C=O) groups is 2. The molecule has 0 saturated carbocycles. The van der Waals surface area contributed by atoms with Crippen LogP contribution in [0, 0.1) is 0 Å². The van der Waals surface area contributed by atoms with Crippen LogP contribution in [0.15, 0.2) is 53.0 Å². The zero-order valence-electron chi connectivity index (χ0n) is 20.9. The van der Waals surface area contributed by atoms with Crippen LogP contribution in [0.5, 0.6) is 5.75 Å². The lowest BCUT2D eigenvalue weighted by Crippen LogP contribution is -2.53. The molecule has 0 aliphatic rings. The molecule has 0 aromatic heterocycles. The Bertz CT molecular complexity index is 946. The Labute approximate surface area is 207 Å². The van der Waals surface area contributed by atoms with Gasteiger partial charge in [0.2, 0.25) is 5.91 Å². The van der Waals surface area contributed by atoms with Crippen molar-refractivity contribution in [2.24, 2.45) is 0 Å². The van der Waals surface area contributed by atoms with Crippen molar-refractivity contribution in [3.8, 4) is 5.75 Å². The second-order valence-corrected chi connectivity index (χ2v) is 11.3. The Morgan fingerprint density at radius 2 is 1.67 bits per heavy atom. The lowest BCUT2D eigenvalue weighted by Gasteiger charge is -2.31. The van der Waals surface area contributed by atoms with Gasteiger partial charge in [-0.25, -0.2) is 0 Å².